The Balaban J connectivity index is 2.33. The number of nitrogens with zero attached hydrogens (tertiary/aromatic N) is 4. The summed E-state index contributed by atoms with van der Waals surface area (Å²) in [6.45, 7) is 1.19. The van der Waals surface area contributed by atoms with Gasteiger partial charge in [-0.3, -0.25) is 9.13 Å². The van der Waals surface area contributed by atoms with E-state index in [1.165, 1.54) is 20.2 Å². The standard InChI is InChI=1S/C16H15FN4O3S/c1-4-5-20-6-7-24-13-8-10(17)11(9-12(13)20)21-14(22)18(2)16(25)19(3)15(21)23/h1,8-9H,5-7H2,2-3H3. The molecule has 130 valence electrons. The van der Waals surface area contributed by atoms with E-state index in [2.05, 4.69) is 5.92 Å². The van der Waals surface area contributed by atoms with Crippen LogP contribution in [0.25, 0.3) is 5.69 Å². The molecule has 0 radical (unpaired) electrons. The molecule has 0 aliphatic carbocycles. The number of terminal acetylenes is 1. The van der Waals surface area contributed by atoms with Crippen molar-refractivity contribution < 1.29 is 9.13 Å². The summed E-state index contributed by atoms with van der Waals surface area (Å²) in [6, 6.07) is 2.55. The molecule has 7 nitrogen and oxygen atoms in total. The molecule has 0 N–H and O–H groups in total. The van der Waals surface area contributed by atoms with Crippen molar-refractivity contribution in [1.29, 1.82) is 0 Å². The van der Waals surface area contributed by atoms with E-state index in [9.17, 15) is 14.0 Å². The number of benzene rings is 1. The van der Waals surface area contributed by atoms with E-state index in [-0.39, 0.29) is 10.5 Å². The highest BCUT2D eigenvalue weighted by molar-refractivity contribution is 7.71. The van der Waals surface area contributed by atoms with E-state index in [4.69, 9.17) is 23.4 Å². The van der Waals surface area contributed by atoms with Crippen molar-refractivity contribution in [2.75, 3.05) is 24.6 Å². The zero-order valence-corrected chi connectivity index (χ0v) is 14.5. The van der Waals surface area contributed by atoms with Gasteiger partial charge in [-0.25, -0.2) is 18.5 Å². The van der Waals surface area contributed by atoms with Gasteiger partial charge in [0.1, 0.15) is 12.4 Å². The molecule has 2 aromatic rings. The van der Waals surface area contributed by atoms with Gasteiger partial charge in [-0.15, -0.1) is 6.42 Å². The topological polar surface area (TPSA) is 61.4 Å². The molecule has 0 saturated carbocycles. The number of hydrogen-bond donors (Lipinski definition) is 0. The maximum absolute atomic E-state index is 14.6. The molecule has 1 aliphatic heterocycles. The van der Waals surface area contributed by atoms with Crippen LogP contribution in [0.2, 0.25) is 0 Å². The van der Waals surface area contributed by atoms with Crippen molar-refractivity contribution in [3.05, 3.63) is 43.7 Å². The van der Waals surface area contributed by atoms with Gasteiger partial charge in [-0.1, -0.05) is 5.92 Å². The average Bonchev–Trinajstić information content (AvgIpc) is 2.59. The molecule has 25 heavy (non-hydrogen) atoms. The fraction of sp³-hybridized carbons (Fsp3) is 0.312. The lowest BCUT2D eigenvalue weighted by Crippen LogP contribution is -2.44. The van der Waals surface area contributed by atoms with Gasteiger partial charge in [-0.2, -0.15) is 0 Å². The van der Waals surface area contributed by atoms with Gasteiger partial charge in [0, 0.05) is 20.2 Å². The Kier molecular flexibility index (Phi) is 4.22. The minimum absolute atomic E-state index is 0.0434. The van der Waals surface area contributed by atoms with Gasteiger partial charge >= 0.3 is 11.4 Å². The maximum atomic E-state index is 14.6. The Hall–Kier alpha value is -2.86. The predicted molar refractivity (Wildman–Crippen MR) is 93.6 cm³/mol. The number of fused-ring (bicyclic) bond motifs is 1. The Morgan fingerprint density at radius 3 is 2.48 bits per heavy atom. The molecule has 0 fully saturated rings. The second kappa shape index (κ2) is 6.22. The zero-order valence-electron chi connectivity index (χ0n) is 13.7. The first kappa shape index (κ1) is 17.0. The van der Waals surface area contributed by atoms with Crippen LogP contribution < -0.4 is 21.0 Å². The number of halogens is 1. The zero-order chi connectivity index (χ0) is 18.3. The van der Waals surface area contributed by atoms with Crippen molar-refractivity contribution in [2.45, 2.75) is 0 Å². The second-order valence-corrected chi connectivity index (χ2v) is 5.91. The molecule has 1 aliphatic rings. The van der Waals surface area contributed by atoms with Gasteiger partial charge in [0.05, 0.1) is 24.5 Å². The number of anilines is 1. The fourth-order valence-corrected chi connectivity index (χ4v) is 2.86. The summed E-state index contributed by atoms with van der Waals surface area (Å²) in [5, 5.41) is 0. The monoisotopic (exact) mass is 362 g/mol. The highest BCUT2D eigenvalue weighted by Crippen LogP contribution is 2.34. The van der Waals surface area contributed by atoms with Crippen LogP contribution in [0.1, 0.15) is 0 Å². The summed E-state index contributed by atoms with van der Waals surface area (Å²) in [4.78, 5) is 26.8. The van der Waals surface area contributed by atoms with Crippen LogP contribution >= 0.6 is 12.2 Å². The van der Waals surface area contributed by atoms with Crippen LogP contribution in [0.15, 0.2) is 21.7 Å². The van der Waals surface area contributed by atoms with Crippen molar-refractivity contribution >= 4 is 17.9 Å². The lowest BCUT2D eigenvalue weighted by molar-refractivity contribution is 0.308. The second-order valence-electron chi connectivity index (χ2n) is 5.55. The van der Waals surface area contributed by atoms with E-state index < -0.39 is 17.2 Å². The molecule has 0 atom stereocenters. The molecule has 0 unspecified atom stereocenters. The largest absolute Gasteiger partial charge is 0.489 e. The van der Waals surface area contributed by atoms with Crippen LogP contribution in [0.5, 0.6) is 5.75 Å². The van der Waals surface area contributed by atoms with Crippen molar-refractivity contribution in [2.24, 2.45) is 14.1 Å². The smallest absolute Gasteiger partial charge is 0.338 e. The van der Waals surface area contributed by atoms with Crippen LogP contribution in [0.3, 0.4) is 0 Å². The van der Waals surface area contributed by atoms with Gasteiger partial charge in [0.25, 0.3) is 0 Å². The Morgan fingerprint density at radius 1 is 1.24 bits per heavy atom. The van der Waals surface area contributed by atoms with Crippen LogP contribution in [-0.2, 0) is 14.1 Å². The first-order valence-corrected chi connectivity index (χ1v) is 7.82. The van der Waals surface area contributed by atoms with Crippen LogP contribution in [-0.4, -0.2) is 33.4 Å². The summed E-state index contributed by atoms with van der Waals surface area (Å²) < 4.78 is 23.1. The third kappa shape index (κ3) is 2.64. The third-order valence-corrected chi connectivity index (χ3v) is 4.59. The van der Waals surface area contributed by atoms with Gasteiger partial charge in [0.2, 0.25) is 0 Å². The Labute approximate surface area is 147 Å². The van der Waals surface area contributed by atoms with Gasteiger partial charge in [0.15, 0.2) is 10.6 Å². The van der Waals surface area contributed by atoms with Crippen molar-refractivity contribution in [1.82, 2.24) is 13.7 Å². The van der Waals surface area contributed by atoms with Crippen LogP contribution in [0, 0.1) is 22.9 Å². The molecule has 0 spiro atoms. The summed E-state index contributed by atoms with van der Waals surface area (Å²) >= 11 is 5.03. The molecule has 1 aromatic carbocycles. The van der Waals surface area contributed by atoms with Crippen molar-refractivity contribution in [3.63, 3.8) is 0 Å². The molecular weight excluding hydrogens is 347 g/mol. The average molecular weight is 362 g/mol. The molecule has 0 amide bonds. The lowest BCUT2D eigenvalue weighted by Gasteiger charge is -2.30. The van der Waals surface area contributed by atoms with Crippen LogP contribution in [0.4, 0.5) is 10.1 Å². The number of hydrogen-bond acceptors (Lipinski definition) is 5. The van der Waals surface area contributed by atoms with E-state index in [1.807, 2.05) is 4.90 Å². The Morgan fingerprint density at radius 2 is 1.88 bits per heavy atom. The lowest BCUT2D eigenvalue weighted by atomic mass is 10.2. The van der Waals surface area contributed by atoms with E-state index in [1.54, 1.807) is 0 Å². The third-order valence-electron chi connectivity index (χ3n) is 4.04. The van der Waals surface area contributed by atoms with E-state index in [0.717, 1.165) is 19.8 Å². The van der Waals surface area contributed by atoms with E-state index >= 15 is 0 Å². The quantitative estimate of drug-likeness (QED) is 0.578. The molecule has 0 bridgehead atoms. The fourth-order valence-electron chi connectivity index (χ4n) is 2.70. The minimum atomic E-state index is -0.752. The van der Waals surface area contributed by atoms with Crippen molar-refractivity contribution in [3.8, 4) is 23.8 Å². The van der Waals surface area contributed by atoms with Gasteiger partial charge < -0.3 is 9.64 Å². The SMILES string of the molecule is C#CCN1CCOc2cc(F)c(-n3c(=O)n(C)c(=S)n(C)c3=O)cc21. The molecule has 2 heterocycles. The summed E-state index contributed by atoms with van der Waals surface area (Å²) in [6.07, 6.45) is 5.37. The molecule has 0 saturated heterocycles. The molecular formula is C16H15FN4O3S. The number of ether oxygens (including phenoxy) is 1. The summed E-state index contributed by atoms with van der Waals surface area (Å²) in [5.74, 6) is 2.09. The Bertz CT molecular complexity index is 1040. The highest BCUT2D eigenvalue weighted by Gasteiger charge is 2.23. The summed E-state index contributed by atoms with van der Waals surface area (Å²) in [5.41, 5.74) is -1.11. The first-order chi connectivity index (χ1) is 11.9. The minimum Gasteiger partial charge on any atom is -0.489 e. The number of aromatic nitrogens is 3. The first-order valence-electron chi connectivity index (χ1n) is 7.41. The maximum Gasteiger partial charge on any atom is 0.338 e. The predicted octanol–water partition coefficient (Wildman–Crippen LogP) is 0.575. The number of rotatable bonds is 2. The molecule has 3 rings (SSSR count). The van der Waals surface area contributed by atoms with Gasteiger partial charge in [-0.05, 0) is 18.3 Å². The molecule has 9 heteroatoms. The highest BCUT2D eigenvalue weighted by atomic mass is 32.1. The normalized spacial score (nSPS) is 13.1. The molecule has 1 aromatic heterocycles. The van der Waals surface area contributed by atoms with E-state index in [0.29, 0.717) is 31.1 Å². The summed E-state index contributed by atoms with van der Waals surface area (Å²) in [7, 11) is 2.84.